The molecule has 2 rings (SSSR count). The maximum Gasteiger partial charge on any atom is 0.269 e. The van der Waals surface area contributed by atoms with Gasteiger partial charge in [0, 0.05) is 17.7 Å². The van der Waals surface area contributed by atoms with E-state index in [0.717, 1.165) is 0 Å². The smallest absolute Gasteiger partial charge is 0.269 e. The third kappa shape index (κ3) is 4.37. The van der Waals surface area contributed by atoms with E-state index in [1.807, 2.05) is 0 Å². The van der Waals surface area contributed by atoms with Crippen LogP contribution in [0.15, 0.2) is 42.5 Å². The van der Waals surface area contributed by atoms with Crippen molar-refractivity contribution in [3.8, 4) is 29.9 Å². The highest BCUT2D eigenvalue weighted by molar-refractivity contribution is 5.91. The summed E-state index contributed by atoms with van der Waals surface area (Å²) >= 11 is 0. The molecule has 0 aromatic heterocycles. The second kappa shape index (κ2) is 8.19. The molecule has 25 heavy (non-hydrogen) atoms. The van der Waals surface area contributed by atoms with Crippen LogP contribution in [0.2, 0.25) is 0 Å². The van der Waals surface area contributed by atoms with E-state index < -0.39 is 4.92 Å². The molecule has 0 atom stereocenters. The van der Waals surface area contributed by atoms with Crippen molar-refractivity contribution >= 4 is 17.3 Å². The second-order valence-electron chi connectivity index (χ2n) is 4.87. The Labute approximate surface area is 145 Å². The molecule has 0 heterocycles. The van der Waals surface area contributed by atoms with Crippen LogP contribution in [0.25, 0.3) is 11.6 Å². The lowest BCUT2D eigenvalue weighted by Gasteiger charge is -2.09. The fraction of sp³-hybridized carbons (Fsp3) is 0.105. The molecule has 0 bridgehead atoms. The number of ether oxygens (including phenoxy) is 2. The van der Waals surface area contributed by atoms with Crippen LogP contribution in [0.1, 0.15) is 11.1 Å². The summed E-state index contributed by atoms with van der Waals surface area (Å²) in [5.74, 6) is 3.49. The fourth-order valence-electron chi connectivity index (χ4n) is 2.12. The quantitative estimate of drug-likeness (QED) is 0.264. The SMILES string of the molecule is C#CCOc1ccc(OC)cc1/C=C(\C#N)c1ccc([N+](=O)[O-])cc1. The van der Waals surface area contributed by atoms with Gasteiger partial charge in [-0.25, -0.2) is 0 Å². The van der Waals surface area contributed by atoms with Crippen molar-refractivity contribution in [1.82, 2.24) is 0 Å². The lowest BCUT2D eigenvalue weighted by molar-refractivity contribution is -0.384. The molecule has 2 aromatic carbocycles. The molecule has 0 aliphatic carbocycles. The van der Waals surface area contributed by atoms with Crippen LogP contribution in [-0.4, -0.2) is 18.6 Å². The largest absolute Gasteiger partial charge is 0.497 e. The molecule has 6 nitrogen and oxygen atoms in total. The summed E-state index contributed by atoms with van der Waals surface area (Å²) in [6.45, 7) is 0.0899. The Morgan fingerprint density at radius 3 is 2.60 bits per heavy atom. The number of nitriles is 1. The van der Waals surface area contributed by atoms with Crippen molar-refractivity contribution in [3.63, 3.8) is 0 Å². The van der Waals surface area contributed by atoms with Gasteiger partial charge in [-0.2, -0.15) is 5.26 Å². The van der Waals surface area contributed by atoms with Crippen molar-refractivity contribution in [2.75, 3.05) is 13.7 Å². The van der Waals surface area contributed by atoms with Crippen molar-refractivity contribution in [3.05, 3.63) is 63.7 Å². The molecule has 0 amide bonds. The van der Waals surface area contributed by atoms with Crippen molar-refractivity contribution in [1.29, 1.82) is 5.26 Å². The third-order valence-corrected chi connectivity index (χ3v) is 3.34. The molecule has 0 aliphatic heterocycles. The van der Waals surface area contributed by atoms with Gasteiger partial charge in [0.2, 0.25) is 0 Å². The minimum atomic E-state index is -0.493. The van der Waals surface area contributed by atoms with E-state index in [1.165, 1.54) is 31.4 Å². The van der Waals surface area contributed by atoms with Gasteiger partial charge in [-0.1, -0.05) is 5.92 Å². The number of benzene rings is 2. The highest BCUT2D eigenvalue weighted by Gasteiger charge is 2.09. The Morgan fingerprint density at radius 1 is 1.32 bits per heavy atom. The zero-order chi connectivity index (χ0) is 18.2. The van der Waals surface area contributed by atoms with Gasteiger partial charge in [0.25, 0.3) is 5.69 Å². The highest BCUT2D eigenvalue weighted by atomic mass is 16.6. The number of methoxy groups -OCH3 is 1. The molecule has 0 N–H and O–H groups in total. The summed E-state index contributed by atoms with van der Waals surface area (Å²) in [6.07, 6.45) is 6.84. The maximum absolute atomic E-state index is 10.7. The first-order valence-corrected chi connectivity index (χ1v) is 7.20. The molecule has 0 radical (unpaired) electrons. The normalized spacial score (nSPS) is 10.4. The van der Waals surface area contributed by atoms with E-state index in [-0.39, 0.29) is 12.3 Å². The zero-order valence-electron chi connectivity index (χ0n) is 13.4. The Morgan fingerprint density at radius 2 is 2.04 bits per heavy atom. The van der Waals surface area contributed by atoms with Gasteiger partial charge in [-0.15, -0.1) is 6.42 Å². The first-order valence-electron chi connectivity index (χ1n) is 7.20. The fourth-order valence-corrected chi connectivity index (χ4v) is 2.12. The number of terminal acetylenes is 1. The van der Waals surface area contributed by atoms with E-state index in [4.69, 9.17) is 15.9 Å². The number of nitrogens with zero attached hydrogens (tertiary/aromatic N) is 2. The standard InChI is InChI=1S/C19H14N2O4/c1-3-10-25-19-9-8-18(24-2)12-15(19)11-16(13-20)14-4-6-17(7-5-14)21(22)23/h1,4-9,11-12H,10H2,2H3/b16-11+. The van der Waals surface area contributed by atoms with Gasteiger partial charge in [-0.05, 0) is 42.0 Å². The first kappa shape index (κ1) is 17.6. The lowest BCUT2D eigenvalue weighted by Crippen LogP contribution is -1.96. The molecular weight excluding hydrogens is 320 g/mol. The minimum Gasteiger partial charge on any atom is -0.497 e. The van der Waals surface area contributed by atoms with Crippen LogP contribution in [0, 0.1) is 33.8 Å². The number of hydrogen-bond acceptors (Lipinski definition) is 5. The van der Waals surface area contributed by atoms with Crippen molar-refractivity contribution in [2.45, 2.75) is 0 Å². The van der Waals surface area contributed by atoms with Crippen molar-refractivity contribution in [2.24, 2.45) is 0 Å². The molecule has 124 valence electrons. The molecular formula is C19H14N2O4. The van der Waals surface area contributed by atoms with Gasteiger partial charge in [0.1, 0.15) is 18.1 Å². The molecule has 0 spiro atoms. The van der Waals surface area contributed by atoms with Gasteiger partial charge in [0.05, 0.1) is 23.7 Å². The predicted molar refractivity (Wildman–Crippen MR) is 93.9 cm³/mol. The zero-order valence-corrected chi connectivity index (χ0v) is 13.4. The summed E-state index contributed by atoms with van der Waals surface area (Å²) in [5, 5.41) is 20.2. The number of nitro groups is 1. The summed E-state index contributed by atoms with van der Waals surface area (Å²) < 4.78 is 10.7. The van der Waals surface area contributed by atoms with Crippen molar-refractivity contribution < 1.29 is 14.4 Å². The molecule has 0 saturated carbocycles. The summed E-state index contributed by atoms with van der Waals surface area (Å²) in [5.41, 5.74) is 1.46. The highest BCUT2D eigenvalue weighted by Crippen LogP contribution is 2.29. The summed E-state index contributed by atoms with van der Waals surface area (Å²) in [6, 6.07) is 13.0. The Kier molecular flexibility index (Phi) is 5.76. The van der Waals surface area contributed by atoms with Gasteiger partial charge < -0.3 is 9.47 Å². The van der Waals surface area contributed by atoms with Crippen LogP contribution in [0.4, 0.5) is 5.69 Å². The molecule has 0 saturated heterocycles. The number of nitro benzene ring substituents is 1. The van der Waals surface area contributed by atoms with E-state index in [9.17, 15) is 15.4 Å². The maximum atomic E-state index is 10.7. The van der Waals surface area contributed by atoms with E-state index >= 15 is 0 Å². The molecule has 2 aromatic rings. The molecule has 6 heteroatoms. The number of non-ortho nitro benzene ring substituents is 1. The molecule has 0 aliphatic rings. The minimum absolute atomic E-state index is 0.0412. The van der Waals surface area contributed by atoms with Crippen LogP contribution < -0.4 is 9.47 Å². The van der Waals surface area contributed by atoms with E-state index in [0.29, 0.717) is 28.2 Å². The van der Waals surface area contributed by atoms with Gasteiger partial charge >= 0.3 is 0 Å². The Balaban J connectivity index is 2.46. The van der Waals surface area contributed by atoms with Crippen LogP contribution in [-0.2, 0) is 0 Å². The number of hydrogen-bond donors (Lipinski definition) is 0. The van der Waals surface area contributed by atoms with E-state index in [1.54, 1.807) is 24.3 Å². The van der Waals surface area contributed by atoms with Crippen LogP contribution >= 0.6 is 0 Å². The average molecular weight is 334 g/mol. The lowest BCUT2D eigenvalue weighted by atomic mass is 10.0. The van der Waals surface area contributed by atoms with Gasteiger partial charge in [0.15, 0.2) is 0 Å². The van der Waals surface area contributed by atoms with Crippen LogP contribution in [0.5, 0.6) is 11.5 Å². The molecule has 0 fully saturated rings. The van der Waals surface area contributed by atoms with Crippen LogP contribution in [0.3, 0.4) is 0 Å². The number of allylic oxidation sites excluding steroid dienone is 1. The average Bonchev–Trinajstić information content (AvgIpc) is 2.64. The van der Waals surface area contributed by atoms with Gasteiger partial charge in [-0.3, -0.25) is 10.1 Å². The monoisotopic (exact) mass is 334 g/mol. The predicted octanol–water partition coefficient (Wildman–Crippen LogP) is 3.68. The summed E-state index contributed by atoms with van der Waals surface area (Å²) in [7, 11) is 1.53. The molecule has 0 unspecified atom stereocenters. The third-order valence-electron chi connectivity index (χ3n) is 3.34. The summed E-state index contributed by atoms with van der Waals surface area (Å²) in [4.78, 5) is 10.2. The van der Waals surface area contributed by atoms with E-state index in [2.05, 4.69) is 12.0 Å². The first-order chi connectivity index (χ1) is 12.1. The number of rotatable bonds is 6. The Bertz CT molecular complexity index is 887. The second-order valence-corrected chi connectivity index (χ2v) is 4.87. The Hall–Kier alpha value is -3.77. The topological polar surface area (TPSA) is 85.4 Å².